The monoisotopic (exact) mass is 407 g/mol. The lowest BCUT2D eigenvalue weighted by molar-refractivity contribution is 0.274. The van der Waals surface area contributed by atoms with Crippen molar-refractivity contribution < 1.29 is 5.11 Å². The summed E-state index contributed by atoms with van der Waals surface area (Å²) in [6, 6.07) is 22.3. The maximum Gasteiger partial charge on any atom is 0.113 e. The molecule has 2 heterocycles. The molecule has 2 aromatic carbocycles. The number of para-hydroxylation sites is 1. The summed E-state index contributed by atoms with van der Waals surface area (Å²) < 4.78 is 2.02. The molecule has 0 aliphatic carbocycles. The number of hydrogen-bond acceptors (Lipinski definition) is 3. The van der Waals surface area contributed by atoms with Crippen molar-refractivity contribution in [1.29, 1.82) is 0 Å². The summed E-state index contributed by atoms with van der Waals surface area (Å²) in [5.41, 5.74) is 3.29. The van der Waals surface area contributed by atoms with Gasteiger partial charge in [-0.15, -0.1) is 19.0 Å². The molecule has 0 saturated heterocycles. The van der Waals surface area contributed by atoms with Gasteiger partial charge in [-0.25, -0.2) is 4.98 Å². The van der Waals surface area contributed by atoms with Gasteiger partial charge in [0, 0.05) is 37.2 Å². The van der Waals surface area contributed by atoms with Gasteiger partial charge in [0.1, 0.15) is 5.82 Å². The van der Waals surface area contributed by atoms with E-state index in [1.807, 2.05) is 65.5 Å². The molecule has 0 atom stereocenters. The maximum absolute atomic E-state index is 9.08. The summed E-state index contributed by atoms with van der Waals surface area (Å²) in [5, 5.41) is 10.3. The first-order valence-electron chi connectivity index (χ1n) is 9.40. The van der Waals surface area contributed by atoms with E-state index in [1.165, 1.54) is 10.9 Å². The summed E-state index contributed by atoms with van der Waals surface area (Å²) in [4.78, 5) is 8.78. The first-order valence-corrected chi connectivity index (χ1v) is 9.40. The Morgan fingerprint density at radius 3 is 2.41 bits per heavy atom. The van der Waals surface area contributed by atoms with E-state index in [0.717, 1.165) is 29.9 Å². The van der Waals surface area contributed by atoms with Gasteiger partial charge in [0.15, 0.2) is 0 Å². The second kappa shape index (κ2) is 11.8. The number of allylic oxidation sites excluding steroid dienone is 1. The highest BCUT2D eigenvalue weighted by Crippen LogP contribution is 2.11. The van der Waals surface area contributed by atoms with Gasteiger partial charge in [0.25, 0.3) is 0 Å². The van der Waals surface area contributed by atoms with E-state index < -0.39 is 0 Å². The summed E-state index contributed by atoms with van der Waals surface area (Å²) in [6.07, 6.45) is 7.20. The van der Waals surface area contributed by atoms with Crippen LogP contribution in [0, 0.1) is 0 Å². The Hall–Kier alpha value is -2.95. The minimum Gasteiger partial charge on any atom is -0.395 e. The molecule has 0 amide bonds. The average Bonchev–Trinajstić information content (AvgIpc) is 3.11. The lowest BCUT2D eigenvalue weighted by atomic mass is 10.1. The van der Waals surface area contributed by atoms with Gasteiger partial charge in [-0.1, -0.05) is 60.7 Å². The first-order chi connectivity index (χ1) is 13.8. The third-order valence-corrected chi connectivity index (χ3v) is 4.32. The molecule has 4 rings (SSSR count). The van der Waals surface area contributed by atoms with Gasteiger partial charge in [0.2, 0.25) is 0 Å². The zero-order valence-corrected chi connectivity index (χ0v) is 17.1. The summed E-state index contributed by atoms with van der Waals surface area (Å²) >= 11 is 0. The van der Waals surface area contributed by atoms with Crippen LogP contribution in [0.4, 0.5) is 0 Å². The predicted molar refractivity (Wildman–Crippen MR) is 121 cm³/mol. The quantitative estimate of drug-likeness (QED) is 0.465. The Labute approximate surface area is 178 Å². The predicted octanol–water partition coefficient (Wildman–Crippen LogP) is 4.85. The number of rotatable bonds is 6. The fourth-order valence-corrected chi connectivity index (χ4v) is 3.00. The largest absolute Gasteiger partial charge is 0.395 e. The second-order valence-corrected chi connectivity index (χ2v) is 6.42. The molecule has 1 N–H and O–H groups in total. The van der Waals surface area contributed by atoms with E-state index in [2.05, 4.69) is 40.8 Å². The molecule has 0 unspecified atom stereocenters. The Morgan fingerprint density at radius 2 is 1.69 bits per heavy atom. The third kappa shape index (κ3) is 6.56. The van der Waals surface area contributed by atoms with Crippen LogP contribution in [0.2, 0.25) is 0 Å². The molecule has 0 aliphatic heterocycles. The summed E-state index contributed by atoms with van der Waals surface area (Å²) in [6.45, 7) is 4.45. The van der Waals surface area contributed by atoms with Gasteiger partial charge in [-0.2, -0.15) is 0 Å². The molecule has 0 aliphatic rings. The topological polar surface area (TPSA) is 50.9 Å². The van der Waals surface area contributed by atoms with E-state index in [4.69, 9.17) is 5.11 Å². The number of hydrogen-bond donors (Lipinski definition) is 1. The highest BCUT2D eigenvalue weighted by atomic mass is 35.5. The first kappa shape index (κ1) is 22.3. The number of fused-ring (bicyclic) bond motifs is 1. The lowest BCUT2D eigenvalue weighted by Crippen LogP contribution is -2.06. The number of aromatic nitrogens is 3. The Bertz CT molecular complexity index is 950. The van der Waals surface area contributed by atoms with Crippen molar-refractivity contribution in [2.45, 2.75) is 19.4 Å². The molecule has 0 fully saturated rings. The van der Waals surface area contributed by atoms with Crippen LogP contribution in [-0.2, 0) is 19.4 Å². The Morgan fingerprint density at radius 1 is 0.966 bits per heavy atom. The van der Waals surface area contributed by atoms with Crippen LogP contribution in [0.5, 0.6) is 0 Å². The summed E-state index contributed by atoms with van der Waals surface area (Å²) in [7, 11) is 0. The number of pyridine rings is 1. The minimum absolute atomic E-state index is 0. The zero-order valence-electron chi connectivity index (χ0n) is 16.3. The van der Waals surface area contributed by atoms with Gasteiger partial charge in [-0.3, -0.25) is 4.98 Å². The zero-order chi connectivity index (χ0) is 19.6. The SMILES string of the molecule is C=CCc1cn(CCO)c(Cc2ccccc2)n1.Cl.c1ccc2ncccc2c1. The highest BCUT2D eigenvalue weighted by molar-refractivity contribution is 5.85. The number of halogens is 1. The Balaban J connectivity index is 0.000000231. The van der Waals surface area contributed by atoms with Gasteiger partial charge in [0.05, 0.1) is 17.8 Å². The van der Waals surface area contributed by atoms with Gasteiger partial charge >= 0.3 is 0 Å². The molecule has 29 heavy (non-hydrogen) atoms. The normalized spacial score (nSPS) is 9.97. The Kier molecular flexibility index (Phi) is 9.09. The van der Waals surface area contributed by atoms with Crippen LogP contribution >= 0.6 is 12.4 Å². The van der Waals surface area contributed by atoms with Crippen molar-refractivity contribution in [3.63, 3.8) is 0 Å². The maximum atomic E-state index is 9.08. The van der Waals surface area contributed by atoms with Crippen LogP contribution in [0.15, 0.2) is 91.8 Å². The lowest BCUT2D eigenvalue weighted by Gasteiger charge is -2.05. The van der Waals surface area contributed by atoms with Gasteiger partial charge in [-0.05, 0) is 17.7 Å². The van der Waals surface area contributed by atoms with E-state index in [9.17, 15) is 0 Å². The van der Waals surface area contributed by atoms with Crippen molar-refractivity contribution >= 4 is 23.3 Å². The molecular formula is C24H26ClN3O. The van der Waals surface area contributed by atoms with Gasteiger partial charge < -0.3 is 9.67 Å². The number of benzene rings is 2. The van der Waals surface area contributed by atoms with Crippen molar-refractivity contribution in [2.24, 2.45) is 0 Å². The van der Waals surface area contributed by atoms with Crippen LogP contribution in [0.1, 0.15) is 17.1 Å². The number of imidazole rings is 1. The van der Waals surface area contributed by atoms with Crippen molar-refractivity contribution in [1.82, 2.24) is 14.5 Å². The molecule has 0 saturated carbocycles. The molecule has 2 aromatic heterocycles. The van der Waals surface area contributed by atoms with Crippen LogP contribution in [0.25, 0.3) is 10.9 Å². The van der Waals surface area contributed by atoms with Crippen LogP contribution < -0.4 is 0 Å². The standard InChI is InChI=1S/C15H18N2O.C9H7N.ClH/c1-2-6-14-12-17(9-10-18)15(16-14)11-13-7-4-3-5-8-13;1-2-6-9-8(4-1)5-3-7-10-9;/h2-5,7-8,12,18H,1,6,9-11H2;1-7H;1H. The second-order valence-electron chi connectivity index (χ2n) is 6.42. The molecular weight excluding hydrogens is 382 g/mol. The van der Waals surface area contributed by atoms with Crippen molar-refractivity contribution in [2.75, 3.05) is 6.61 Å². The highest BCUT2D eigenvalue weighted by Gasteiger charge is 2.07. The van der Waals surface area contributed by atoms with E-state index in [-0.39, 0.29) is 19.0 Å². The van der Waals surface area contributed by atoms with E-state index in [0.29, 0.717) is 6.54 Å². The van der Waals surface area contributed by atoms with Crippen LogP contribution in [0.3, 0.4) is 0 Å². The molecule has 0 bridgehead atoms. The molecule has 4 nitrogen and oxygen atoms in total. The molecule has 5 heteroatoms. The van der Waals surface area contributed by atoms with Crippen molar-refractivity contribution in [3.05, 3.63) is 109 Å². The summed E-state index contributed by atoms with van der Waals surface area (Å²) in [5.74, 6) is 0.993. The minimum atomic E-state index is 0. The molecule has 150 valence electrons. The number of aliphatic hydroxyl groups excluding tert-OH is 1. The fraction of sp³-hybridized carbons (Fsp3) is 0.167. The molecule has 0 radical (unpaired) electrons. The van der Waals surface area contributed by atoms with Crippen molar-refractivity contribution in [3.8, 4) is 0 Å². The van der Waals surface area contributed by atoms with Crippen LogP contribution in [-0.4, -0.2) is 26.2 Å². The molecule has 0 spiro atoms. The van der Waals surface area contributed by atoms with E-state index in [1.54, 1.807) is 0 Å². The average molecular weight is 408 g/mol. The molecule has 4 aromatic rings. The number of nitrogens with zero attached hydrogens (tertiary/aromatic N) is 3. The third-order valence-electron chi connectivity index (χ3n) is 4.32. The van der Waals surface area contributed by atoms with E-state index >= 15 is 0 Å². The number of aliphatic hydroxyl groups is 1. The smallest absolute Gasteiger partial charge is 0.113 e. The fourth-order valence-electron chi connectivity index (χ4n) is 3.00.